The second-order valence-corrected chi connectivity index (χ2v) is 9.89. The van der Waals surface area contributed by atoms with Gasteiger partial charge in [-0.05, 0) is 53.1 Å². The molecule has 5 aromatic rings. The van der Waals surface area contributed by atoms with Gasteiger partial charge >= 0.3 is 0 Å². The minimum atomic E-state index is 0.218. The van der Waals surface area contributed by atoms with Gasteiger partial charge in [0, 0.05) is 10.9 Å². The zero-order valence-electron chi connectivity index (χ0n) is 21.4. The van der Waals surface area contributed by atoms with Gasteiger partial charge in [0.05, 0.1) is 11.3 Å². The Balaban J connectivity index is 1.26. The summed E-state index contributed by atoms with van der Waals surface area (Å²) >= 11 is 1.42. The van der Waals surface area contributed by atoms with Gasteiger partial charge < -0.3 is 18.9 Å². The Labute approximate surface area is 236 Å². The highest BCUT2D eigenvalue weighted by Crippen LogP contribution is 2.37. The van der Waals surface area contributed by atoms with Crippen molar-refractivity contribution in [3.05, 3.63) is 124 Å². The largest absolute Gasteiger partial charge is 0.485 e. The number of rotatable bonds is 9. The van der Waals surface area contributed by atoms with Crippen LogP contribution in [0.25, 0.3) is 22.9 Å². The molecule has 0 amide bonds. The lowest BCUT2D eigenvalue weighted by molar-refractivity contribution is 0.174. The average Bonchev–Trinajstić information content (AvgIpc) is 3.69. The fourth-order valence-electron chi connectivity index (χ4n) is 4.21. The van der Waals surface area contributed by atoms with E-state index in [4.69, 9.17) is 23.9 Å². The molecule has 0 saturated carbocycles. The number of aromatic nitrogens is 1. The van der Waals surface area contributed by atoms with Crippen LogP contribution in [0.3, 0.4) is 0 Å². The molecule has 40 heavy (non-hydrogen) atoms. The summed E-state index contributed by atoms with van der Waals surface area (Å²) in [6.45, 7) is 1.03. The predicted molar refractivity (Wildman–Crippen MR) is 155 cm³/mol. The highest BCUT2D eigenvalue weighted by molar-refractivity contribution is 7.11. The molecule has 0 spiro atoms. The first-order valence-electron chi connectivity index (χ1n) is 12.7. The highest BCUT2D eigenvalue weighted by Gasteiger charge is 2.16. The van der Waals surface area contributed by atoms with Crippen molar-refractivity contribution in [2.75, 3.05) is 6.79 Å². The number of nitrogens with zero attached hydrogens (tertiary/aromatic N) is 2. The number of hydrogen-bond donors (Lipinski definition) is 0. The summed E-state index contributed by atoms with van der Waals surface area (Å²) in [6.07, 6.45) is 1.82. The summed E-state index contributed by atoms with van der Waals surface area (Å²) in [5.41, 5.74) is 5.07. The van der Waals surface area contributed by atoms with Crippen molar-refractivity contribution < 1.29 is 18.9 Å². The SMILES string of the molecule is N#C/C(=C\c1ccc(OCc2ccccc2)c(OCc2ccccc2)c1)c1nc(-c2ccc3c(c2)OCO3)cs1. The van der Waals surface area contributed by atoms with E-state index in [0.717, 1.165) is 33.7 Å². The molecule has 2 heterocycles. The number of hydrogen-bond acceptors (Lipinski definition) is 7. The van der Waals surface area contributed by atoms with Crippen molar-refractivity contribution in [3.63, 3.8) is 0 Å². The van der Waals surface area contributed by atoms with Crippen LogP contribution >= 0.6 is 11.3 Å². The summed E-state index contributed by atoms with van der Waals surface area (Å²) in [7, 11) is 0. The predicted octanol–water partition coefficient (Wildman–Crippen LogP) is 7.76. The van der Waals surface area contributed by atoms with Crippen LogP contribution in [0.15, 0.2) is 102 Å². The van der Waals surface area contributed by atoms with Gasteiger partial charge in [0.15, 0.2) is 23.0 Å². The topological polar surface area (TPSA) is 73.6 Å². The van der Waals surface area contributed by atoms with Crippen LogP contribution < -0.4 is 18.9 Å². The fourth-order valence-corrected chi connectivity index (χ4v) is 5.01. The van der Waals surface area contributed by atoms with Crippen LogP contribution in [-0.4, -0.2) is 11.8 Å². The van der Waals surface area contributed by atoms with E-state index in [-0.39, 0.29) is 6.79 Å². The maximum absolute atomic E-state index is 9.99. The summed E-state index contributed by atoms with van der Waals surface area (Å²) in [4.78, 5) is 4.73. The minimum absolute atomic E-state index is 0.218. The molecule has 0 saturated heterocycles. The van der Waals surface area contributed by atoms with E-state index in [1.54, 1.807) is 0 Å². The number of nitriles is 1. The molecule has 0 aliphatic carbocycles. The Morgan fingerprint density at radius 2 is 1.52 bits per heavy atom. The van der Waals surface area contributed by atoms with Crippen LogP contribution in [0.1, 0.15) is 21.7 Å². The first-order valence-corrected chi connectivity index (χ1v) is 13.6. The first kappa shape index (κ1) is 25.2. The first-order chi connectivity index (χ1) is 19.7. The molecule has 1 aliphatic heterocycles. The Kier molecular flexibility index (Phi) is 7.42. The van der Waals surface area contributed by atoms with Crippen molar-refractivity contribution in [2.24, 2.45) is 0 Å². The monoisotopic (exact) mass is 544 g/mol. The number of benzene rings is 4. The number of allylic oxidation sites excluding steroid dienone is 1. The van der Waals surface area contributed by atoms with Gasteiger partial charge in [-0.1, -0.05) is 66.7 Å². The average molecular weight is 545 g/mol. The molecule has 0 unspecified atom stereocenters. The number of fused-ring (bicyclic) bond motifs is 1. The Hall–Kier alpha value is -5.06. The van der Waals surface area contributed by atoms with Crippen LogP contribution in [-0.2, 0) is 13.2 Å². The third-order valence-corrected chi connectivity index (χ3v) is 7.15. The molecule has 0 radical (unpaired) electrons. The van der Waals surface area contributed by atoms with E-state index in [0.29, 0.717) is 41.0 Å². The van der Waals surface area contributed by atoms with E-state index in [1.807, 2.05) is 109 Å². The van der Waals surface area contributed by atoms with Gasteiger partial charge in [-0.25, -0.2) is 4.98 Å². The molecule has 0 N–H and O–H groups in total. The van der Waals surface area contributed by atoms with Crippen molar-refractivity contribution in [3.8, 4) is 40.3 Å². The van der Waals surface area contributed by atoms with Crippen molar-refractivity contribution in [2.45, 2.75) is 13.2 Å². The molecule has 0 bridgehead atoms. The van der Waals surface area contributed by atoms with Crippen molar-refractivity contribution in [1.82, 2.24) is 4.98 Å². The molecule has 0 fully saturated rings. The zero-order chi connectivity index (χ0) is 27.1. The second-order valence-electron chi connectivity index (χ2n) is 9.03. The standard InChI is InChI=1S/C33H24N2O4S/c34-18-27(33-35-28(21-40-33)26-12-14-30-32(17-26)39-22-38-30)15-25-11-13-29(36-19-23-7-3-1-4-8-23)31(16-25)37-20-24-9-5-2-6-10-24/h1-17,21H,19-20,22H2/b27-15+. The van der Waals surface area contributed by atoms with Crippen LogP contribution in [0.4, 0.5) is 0 Å². The third-order valence-electron chi connectivity index (χ3n) is 6.28. The lowest BCUT2D eigenvalue weighted by atomic mass is 10.1. The van der Waals surface area contributed by atoms with Crippen molar-refractivity contribution in [1.29, 1.82) is 5.26 Å². The molecule has 1 aromatic heterocycles. The third kappa shape index (κ3) is 5.83. The normalized spacial score (nSPS) is 12.1. The quantitative estimate of drug-likeness (QED) is 0.177. The van der Waals surface area contributed by atoms with Crippen LogP contribution in [0.5, 0.6) is 23.0 Å². The van der Waals surface area contributed by atoms with Gasteiger partial charge in [-0.15, -0.1) is 11.3 Å². The maximum atomic E-state index is 9.99. The van der Waals surface area contributed by atoms with E-state index in [2.05, 4.69) is 6.07 Å². The second kappa shape index (κ2) is 11.8. The molecule has 0 atom stereocenters. The molecule has 7 heteroatoms. The van der Waals surface area contributed by atoms with Crippen LogP contribution in [0.2, 0.25) is 0 Å². The molecular formula is C33H24N2O4S. The molecule has 4 aromatic carbocycles. The Morgan fingerprint density at radius 3 is 2.25 bits per heavy atom. The van der Waals surface area contributed by atoms with Gasteiger partial charge in [-0.3, -0.25) is 0 Å². The molecular weight excluding hydrogens is 520 g/mol. The molecule has 6 rings (SSSR count). The lowest BCUT2D eigenvalue weighted by Crippen LogP contribution is -2.01. The zero-order valence-corrected chi connectivity index (χ0v) is 22.3. The van der Waals surface area contributed by atoms with E-state index < -0.39 is 0 Å². The summed E-state index contributed by atoms with van der Waals surface area (Å²) in [5, 5.41) is 12.6. The van der Waals surface area contributed by atoms with Crippen LogP contribution in [0, 0.1) is 11.3 Å². The summed E-state index contributed by atoms with van der Waals surface area (Å²) in [5.74, 6) is 2.65. The van der Waals surface area contributed by atoms with E-state index in [1.165, 1.54) is 11.3 Å². The highest BCUT2D eigenvalue weighted by atomic mass is 32.1. The lowest BCUT2D eigenvalue weighted by Gasteiger charge is -2.14. The molecule has 196 valence electrons. The summed E-state index contributed by atoms with van der Waals surface area (Å²) < 4.78 is 23.2. The van der Waals surface area contributed by atoms with E-state index >= 15 is 0 Å². The number of thiazole rings is 1. The Morgan fingerprint density at radius 1 is 0.825 bits per heavy atom. The van der Waals surface area contributed by atoms with Gasteiger partial charge in [0.25, 0.3) is 0 Å². The smallest absolute Gasteiger partial charge is 0.231 e. The minimum Gasteiger partial charge on any atom is -0.485 e. The Bertz CT molecular complexity index is 1690. The fraction of sp³-hybridized carbons (Fsp3) is 0.0909. The van der Waals surface area contributed by atoms with Crippen molar-refractivity contribution >= 4 is 23.0 Å². The van der Waals surface area contributed by atoms with Gasteiger partial charge in [-0.2, -0.15) is 5.26 Å². The maximum Gasteiger partial charge on any atom is 0.231 e. The number of ether oxygens (including phenoxy) is 4. The molecule has 6 nitrogen and oxygen atoms in total. The summed E-state index contributed by atoms with van der Waals surface area (Å²) in [6, 6.07) is 33.7. The molecule has 1 aliphatic rings. The van der Waals surface area contributed by atoms with Gasteiger partial charge in [0.1, 0.15) is 24.3 Å². The van der Waals surface area contributed by atoms with Gasteiger partial charge in [0.2, 0.25) is 6.79 Å². The van der Waals surface area contributed by atoms with E-state index in [9.17, 15) is 5.26 Å².